The van der Waals surface area contributed by atoms with Crippen molar-refractivity contribution in [2.24, 2.45) is 0 Å². The van der Waals surface area contributed by atoms with Gasteiger partial charge in [-0.3, -0.25) is 4.79 Å². The molecule has 0 radical (unpaired) electrons. The number of hydrogen-bond donors (Lipinski definition) is 2. The van der Waals surface area contributed by atoms with Crippen molar-refractivity contribution in [3.8, 4) is 5.75 Å². The zero-order valence-corrected chi connectivity index (χ0v) is 20.9. The summed E-state index contributed by atoms with van der Waals surface area (Å²) in [6.07, 6.45) is 2.62. The Morgan fingerprint density at radius 1 is 1.21 bits per heavy atom. The highest BCUT2D eigenvalue weighted by Crippen LogP contribution is 2.29. The predicted molar refractivity (Wildman–Crippen MR) is 139 cm³/mol. The molecule has 180 valence electrons. The minimum Gasteiger partial charge on any atom is -0.485 e. The van der Waals surface area contributed by atoms with Crippen molar-refractivity contribution < 1.29 is 9.53 Å². The van der Waals surface area contributed by atoms with Gasteiger partial charge in [0.1, 0.15) is 17.7 Å². The number of nitrogens with zero attached hydrogens (tertiary/aromatic N) is 3. The third-order valence-electron chi connectivity index (χ3n) is 5.97. The van der Waals surface area contributed by atoms with E-state index in [-0.39, 0.29) is 12.0 Å². The number of aromatic nitrogens is 1. The lowest BCUT2D eigenvalue weighted by Gasteiger charge is -2.22. The van der Waals surface area contributed by atoms with Gasteiger partial charge in [0.15, 0.2) is 0 Å². The Balaban J connectivity index is 1.45. The normalized spacial score (nSPS) is 14.5. The van der Waals surface area contributed by atoms with Gasteiger partial charge in [0.2, 0.25) is 0 Å². The second-order valence-corrected chi connectivity index (χ2v) is 9.40. The van der Waals surface area contributed by atoms with Gasteiger partial charge in [0, 0.05) is 56.8 Å². The van der Waals surface area contributed by atoms with E-state index in [4.69, 9.17) is 4.74 Å². The first-order chi connectivity index (χ1) is 16.6. The van der Waals surface area contributed by atoms with E-state index in [0.29, 0.717) is 18.7 Å². The molecule has 1 unspecified atom stereocenters. The Bertz CT molecular complexity index is 1070. The lowest BCUT2D eigenvalue weighted by atomic mass is 10.1. The van der Waals surface area contributed by atoms with Crippen molar-refractivity contribution in [1.82, 2.24) is 15.2 Å². The third kappa shape index (κ3) is 5.69. The largest absolute Gasteiger partial charge is 0.485 e. The van der Waals surface area contributed by atoms with Gasteiger partial charge in [-0.25, -0.2) is 4.98 Å². The van der Waals surface area contributed by atoms with Crippen molar-refractivity contribution in [3.63, 3.8) is 0 Å². The molecule has 1 amide bonds. The van der Waals surface area contributed by atoms with Crippen LogP contribution in [0.3, 0.4) is 0 Å². The molecule has 3 heterocycles. The number of ether oxygens (including phenoxy) is 1. The van der Waals surface area contributed by atoms with Crippen LogP contribution in [-0.2, 0) is 6.54 Å². The van der Waals surface area contributed by atoms with Gasteiger partial charge in [-0.2, -0.15) is 0 Å². The number of hydrogen-bond acceptors (Lipinski definition) is 7. The molecular weight excluding hydrogens is 446 g/mol. The Morgan fingerprint density at radius 2 is 2.03 bits per heavy atom. The second-order valence-electron chi connectivity index (χ2n) is 8.42. The summed E-state index contributed by atoms with van der Waals surface area (Å²) in [7, 11) is 3.98. The van der Waals surface area contributed by atoms with E-state index < -0.39 is 0 Å². The van der Waals surface area contributed by atoms with Gasteiger partial charge >= 0.3 is 0 Å². The highest BCUT2D eigenvalue weighted by molar-refractivity contribution is 7.10. The van der Waals surface area contributed by atoms with Crippen LogP contribution in [0, 0.1) is 0 Å². The summed E-state index contributed by atoms with van der Waals surface area (Å²) < 4.78 is 6.31. The fourth-order valence-electron chi connectivity index (χ4n) is 4.08. The number of thiophene rings is 1. The molecule has 1 aliphatic rings. The number of anilines is 2. The molecule has 0 bridgehead atoms. The molecule has 1 aromatic carbocycles. The van der Waals surface area contributed by atoms with E-state index in [1.807, 2.05) is 56.3 Å². The van der Waals surface area contributed by atoms with Gasteiger partial charge in [0.25, 0.3) is 5.91 Å². The van der Waals surface area contributed by atoms with E-state index in [1.54, 1.807) is 17.5 Å². The predicted octanol–water partition coefficient (Wildman–Crippen LogP) is 4.40. The molecule has 2 N–H and O–H groups in total. The molecular formula is C26H33N5O2S. The number of amides is 1. The van der Waals surface area contributed by atoms with Crippen LogP contribution in [0.5, 0.6) is 5.75 Å². The summed E-state index contributed by atoms with van der Waals surface area (Å²) in [5.74, 6) is 1.64. The number of carbonyl (C=O) groups is 1. The van der Waals surface area contributed by atoms with Crippen LogP contribution in [0.4, 0.5) is 11.5 Å². The third-order valence-corrected chi connectivity index (χ3v) is 6.93. The number of benzene rings is 1. The van der Waals surface area contributed by atoms with Crippen molar-refractivity contribution in [1.29, 1.82) is 0 Å². The molecule has 8 heteroatoms. The Morgan fingerprint density at radius 3 is 2.74 bits per heavy atom. The average molecular weight is 480 g/mol. The number of pyridine rings is 1. The highest BCUT2D eigenvalue weighted by Gasteiger charge is 2.26. The molecule has 0 aliphatic carbocycles. The molecule has 1 aliphatic heterocycles. The first-order valence-corrected chi connectivity index (χ1v) is 12.6. The molecule has 0 saturated carbocycles. The van der Waals surface area contributed by atoms with Gasteiger partial charge < -0.3 is 25.2 Å². The quantitative estimate of drug-likeness (QED) is 0.449. The van der Waals surface area contributed by atoms with E-state index in [0.717, 1.165) is 48.9 Å². The van der Waals surface area contributed by atoms with E-state index in [9.17, 15) is 4.79 Å². The maximum Gasteiger partial charge on any atom is 0.257 e. The Hall–Kier alpha value is -3.10. The minimum atomic E-state index is 0.0139. The van der Waals surface area contributed by atoms with Crippen molar-refractivity contribution >= 4 is 28.7 Å². The summed E-state index contributed by atoms with van der Waals surface area (Å²) in [6, 6.07) is 14.2. The monoisotopic (exact) mass is 479 g/mol. The van der Waals surface area contributed by atoms with Gasteiger partial charge in [0.05, 0.1) is 11.3 Å². The Labute approximate surface area is 205 Å². The molecule has 7 nitrogen and oxygen atoms in total. The first kappa shape index (κ1) is 24.0. The molecule has 0 spiro atoms. The van der Waals surface area contributed by atoms with E-state index in [1.165, 1.54) is 4.88 Å². The average Bonchev–Trinajstić information content (AvgIpc) is 3.36. The lowest BCUT2D eigenvalue weighted by Crippen LogP contribution is -2.33. The van der Waals surface area contributed by atoms with Crippen LogP contribution in [0.2, 0.25) is 0 Å². The fraction of sp³-hybridized carbons (Fsp3) is 0.385. The molecule has 0 saturated heterocycles. The maximum atomic E-state index is 13.3. The van der Waals surface area contributed by atoms with Crippen LogP contribution in [0.15, 0.2) is 54.0 Å². The molecule has 34 heavy (non-hydrogen) atoms. The van der Waals surface area contributed by atoms with E-state index in [2.05, 4.69) is 38.0 Å². The van der Waals surface area contributed by atoms with Crippen LogP contribution in [-0.4, -0.2) is 56.1 Å². The Kier molecular flexibility index (Phi) is 8.03. The first-order valence-electron chi connectivity index (χ1n) is 11.8. The lowest BCUT2D eigenvalue weighted by molar-refractivity contribution is 0.0754. The number of carbonyl (C=O) groups excluding carboxylic acids is 1. The maximum absolute atomic E-state index is 13.3. The van der Waals surface area contributed by atoms with Gasteiger partial charge in [-0.05, 0) is 49.7 Å². The summed E-state index contributed by atoms with van der Waals surface area (Å²) >= 11 is 1.72. The van der Waals surface area contributed by atoms with Crippen molar-refractivity contribution in [2.45, 2.75) is 26.0 Å². The number of nitrogens with one attached hydrogen (secondary N) is 2. The topological polar surface area (TPSA) is 69.7 Å². The zero-order valence-electron chi connectivity index (χ0n) is 20.1. The van der Waals surface area contributed by atoms with Crippen molar-refractivity contribution in [3.05, 3.63) is 70.0 Å². The zero-order chi connectivity index (χ0) is 23.9. The summed E-state index contributed by atoms with van der Waals surface area (Å²) in [5, 5.41) is 8.51. The second kappa shape index (κ2) is 11.4. The van der Waals surface area contributed by atoms with Crippen LogP contribution in [0.25, 0.3) is 0 Å². The highest BCUT2D eigenvalue weighted by atomic mass is 32.1. The molecule has 2 aromatic heterocycles. The van der Waals surface area contributed by atoms with Crippen molar-refractivity contribution in [2.75, 3.05) is 50.5 Å². The minimum absolute atomic E-state index is 0.0139. The summed E-state index contributed by atoms with van der Waals surface area (Å²) in [5.41, 5.74) is 2.64. The molecule has 0 fully saturated rings. The van der Waals surface area contributed by atoms with Gasteiger partial charge in [-0.15, -0.1) is 11.3 Å². The van der Waals surface area contributed by atoms with Gasteiger partial charge in [-0.1, -0.05) is 18.2 Å². The van der Waals surface area contributed by atoms with Crippen LogP contribution in [0.1, 0.15) is 40.2 Å². The molecule has 4 rings (SSSR count). The standard InChI is InChI=1S/C26H33N5O2S/c1-4-28-25-16-22-21(17-29-25)26(32)31(14-13-30(22)3)18-19-7-9-20(10-8-19)33-23(11-12-27-2)24-6-5-15-34-24/h5-10,15-17,23,27H,4,11-14,18H2,1-3H3,(H,28,29). The number of fused-ring (bicyclic) bond motifs is 1. The van der Waals surface area contributed by atoms with Crippen LogP contribution >= 0.6 is 11.3 Å². The number of rotatable bonds is 10. The fourth-order valence-corrected chi connectivity index (χ4v) is 4.87. The SMILES string of the molecule is CCNc1cc2c(cn1)C(=O)N(Cc1ccc(OC(CCNC)c3cccs3)cc1)CCN2C. The summed E-state index contributed by atoms with van der Waals surface area (Å²) in [6.45, 7) is 5.69. The van der Waals surface area contributed by atoms with Crippen LogP contribution < -0.4 is 20.3 Å². The molecule has 1 atom stereocenters. The molecule has 3 aromatic rings. The van der Waals surface area contributed by atoms with E-state index >= 15 is 0 Å². The smallest absolute Gasteiger partial charge is 0.257 e. The summed E-state index contributed by atoms with van der Waals surface area (Å²) in [4.78, 5) is 23.0. The number of likely N-dealkylation sites (N-methyl/N-ethyl adjacent to an activating group) is 1.